The van der Waals surface area contributed by atoms with Gasteiger partial charge in [-0.1, -0.05) is 30.7 Å². The molecule has 0 N–H and O–H groups in total. The summed E-state index contributed by atoms with van der Waals surface area (Å²) in [6.45, 7) is 8.30. The molecule has 0 saturated heterocycles. The molecule has 4 aliphatic rings. The Hall–Kier alpha value is -1.49. The van der Waals surface area contributed by atoms with Crippen LogP contribution in [0.3, 0.4) is 0 Å². The van der Waals surface area contributed by atoms with E-state index in [9.17, 15) is 9.59 Å². The van der Waals surface area contributed by atoms with Crippen LogP contribution < -0.4 is 0 Å². The molecule has 5 rings (SSSR count). The van der Waals surface area contributed by atoms with Gasteiger partial charge in [0.2, 0.25) is 0 Å². The zero-order valence-electron chi connectivity index (χ0n) is 18.5. The highest BCUT2D eigenvalue weighted by Crippen LogP contribution is 2.67. The number of hydrogen-bond donors (Lipinski definition) is 0. The summed E-state index contributed by atoms with van der Waals surface area (Å²) in [6.07, 6.45) is 9.71. The Bertz CT molecular complexity index is 1010. The first kappa shape index (κ1) is 21.4. The normalized spacial score (nSPS) is 36.9. The number of benzene rings is 1. The van der Waals surface area contributed by atoms with E-state index in [4.69, 9.17) is 0 Å². The fourth-order valence-electron chi connectivity index (χ4n) is 7.75. The third kappa shape index (κ3) is 3.34. The Morgan fingerprint density at radius 3 is 2.61 bits per heavy atom. The number of ketones is 2. The minimum Gasteiger partial charge on any atom is -0.300 e. The molecule has 1 aromatic carbocycles. The summed E-state index contributed by atoms with van der Waals surface area (Å²) in [6, 6.07) is 8.99. The van der Waals surface area contributed by atoms with Crippen molar-refractivity contribution < 1.29 is 9.59 Å². The van der Waals surface area contributed by atoms with Crippen LogP contribution in [0.1, 0.15) is 63.9 Å². The van der Waals surface area contributed by atoms with Gasteiger partial charge in [0, 0.05) is 21.8 Å². The van der Waals surface area contributed by atoms with Crippen LogP contribution >= 0.6 is 22.6 Å². The number of hydrogen-bond acceptors (Lipinski definition) is 2. The van der Waals surface area contributed by atoms with Gasteiger partial charge in [0.05, 0.1) is 0 Å². The van der Waals surface area contributed by atoms with Gasteiger partial charge in [-0.25, -0.2) is 0 Å². The van der Waals surface area contributed by atoms with Crippen molar-refractivity contribution in [3.63, 3.8) is 0 Å². The lowest BCUT2D eigenvalue weighted by atomic mass is 9.51. The number of Topliss-reactive ketones (excluding diaryl/α,β-unsaturated/α-hetero) is 1. The summed E-state index contributed by atoms with van der Waals surface area (Å²) in [4.78, 5) is 25.0. The number of allylic oxidation sites excluding steroid dienone is 5. The quantitative estimate of drug-likeness (QED) is 0.321. The molecular weight excluding hydrogens is 495 g/mol. The minimum absolute atomic E-state index is 0.00121. The van der Waals surface area contributed by atoms with E-state index in [1.807, 2.05) is 6.08 Å². The molecule has 2 fully saturated rings. The first-order valence-corrected chi connectivity index (χ1v) is 12.8. The summed E-state index contributed by atoms with van der Waals surface area (Å²) in [5, 5.41) is 0. The molecule has 6 atom stereocenters. The van der Waals surface area contributed by atoms with Crippen molar-refractivity contribution in [2.75, 3.05) is 0 Å². The molecule has 4 aliphatic carbocycles. The standard InChI is InChI=1S/C28H31IO2/c1-4-17-14-25-23-11-7-19-13-21(31)10-12-22(19)26(23)24(18-5-8-20(29)9-6-18)15-28(25,3)27(17)16(2)30/h4-6,8-9,13,17,23-25,27H,1,7,10-12,14-15H2,2-3H3/t17-,23?,24-,25?,27?,28+/m1/s1. The predicted octanol–water partition coefficient (Wildman–Crippen LogP) is 6.81. The lowest BCUT2D eigenvalue weighted by molar-refractivity contribution is -0.126. The fraction of sp³-hybridized carbons (Fsp3) is 0.500. The first-order chi connectivity index (χ1) is 14.8. The Labute approximate surface area is 199 Å². The Morgan fingerprint density at radius 2 is 1.94 bits per heavy atom. The highest BCUT2D eigenvalue weighted by atomic mass is 127. The second-order valence-electron chi connectivity index (χ2n) is 10.4. The number of fused-ring (bicyclic) bond motifs is 4. The van der Waals surface area contributed by atoms with Crippen molar-refractivity contribution in [3.05, 3.63) is 68.8 Å². The smallest absolute Gasteiger partial charge is 0.156 e. The van der Waals surface area contributed by atoms with Crippen LogP contribution in [0.2, 0.25) is 0 Å². The van der Waals surface area contributed by atoms with Crippen molar-refractivity contribution in [2.24, 2.45) is 29.1 Å². The molecule has 0 bridgehead atoms. The highest BCUT2D eigenvalue weighted by molar-refractivity contribution is 14.1. The van der Waals surface area contributed by atoms with E-state index in [0.717, 1.165) is 32.1 Å². The first-order valence-electron chi connectivity index (χ1n) is 11.7. The van der Waals surface area contributed by atoms with Gasteiger partial charge in [0.15, 0.2) is 5.78 Å². The highest BCUT2D eigenvalue weighted by Gasteiger charge is 2.60. The topological polar surface area (TPSA) is 34.1 Å². The van der Waals surface area contributed by atoms with Gasteiger partial charge in [0.25, 0.3) is 0 Å². The van der Waals surface area contributed by atoms with Crippen molar-refractivity contribution in [1.29, 1.82) is 0 Å². The average molecular weight is 526 g/mol. The van der Waals surface area contributed by atoms with E-state index in [2.05, 4.69) is 66.4 Å². The summed E-state index contributed by atoms with van der Waals surface area (Å²) in [5.41, 5.74) is 5.74. The molecule has 1 aromatic rings. The lowest BCUT2D eigenvalue weighted by Crippen LogP contribution is -2.45. The van der Waals surface area contributed by atoms with Crippen LogP contribution in [0.5, 0.6) is 0 Å². The molecule has 0 aromatic heterocycles. The number of carbonyl (C=O) groups excluding carboxylic acids is 2. The molecule has 31 heavy (non-hydrogen) atoms. The van der Waals surface area contributed by atoms with Gasteiger partial charge in [0.1, 0.15) is 5.78 Å². The van der Waals surface area contributed by atoms with E-state index in [1.165, 1.54) is 20.3 Å². The largest absolute Gasteiger partial charge is 0.300 e. The third-order valence-corrected chi connectivity index (χ3v) is 9.57. The maximum Gasteiger partial charge on any atom is 0.156 e. The molecule has 0 aliphatic heterocycles. The van der Waals surface area contributed by atoms with E-state index in [0.29, 0.717) is 30.0 Å². The molecule has 0 radical (unpaired) electrons. The predicted molar refractivity (Wildman–Crippen MR) is 133 cm³/mol. The molecule has 0 heterocycles. The number of rotatable bonds is 3. The molecule has 3 heteroatoms. The number of halogens is 1. The Morgan fingerprint density at radius 1 is 1.19 bits per heavy atom. The molecule has 2 saturated carbocycles. The van der Waals surface area contributed by atoms with Crippen molar-refractivity contribution >= 4 is 34.2 Å². The fourth-order valence-corrected chi connectivity index (χ4v) is 8.11. The van der Waals surface area contributed by atoms with Crippen LogP contribution in [0.25, 0.3) is 0 Å². The Kier molecular flexibility index (Phi) is 5.39. The van der Waals surface area contributed by atoms with E-state index in [-0.39, 0.29) is 23.0 Å². The SMILES string of the molecule is C=C[C@@H]1CC2C3CCC4=CC(=O)CCC4=C3[C@@H](c3ccc(I)cc3)C[C@]2(C)C1C(C)=O. The monoisotopic (exact) mass is 526 g/mol. The van der Waals surface area contributed by atoms with Crippen molar-refractivity contribution in [3.8, 4) is 0 Å². The molecule has 0 spiro atoms. The second-order valence-corrected chi connectivity index (χ2v) is 11.6. The molecule has 162 valence electrons. The van der Waals surface area contributed by atoms with Gasteiger partial charge < -0.3 is 0 Å². The van der Waals surface area contributed by atoms with Crippen LogP contribution in [0, 0.1) is 32.7 Å². The maximum absolute atomic E-state index is 12.9. The molecule has 3 unspecified atom stereocenters. The zero-order chi connectivity index (χ0) is 21.9. The minimum atomic E-state index is -0.00121. The van der Waals surface area contributed by atoms with Gasteiger partial charge in [-0.05, 0) is 120 Å². The van der Waals surface area contributed by atoms with Gasteiger partial charge in [-0.2, -0.15) is 0 Å². The zero-order valence-corrected chi connectivity index (χ0v) is 20.7. The van der Waals surface area contributed by atoms with Crippen LogP contribution in [-0.4, -0.2) is 11.6 Å². The maximum atomic E-state index is 12.9. The van der Waals surface area contributed by atoms with Gasteiger partial charge in [-0.15, -0.1) is 6.58 Å². The molecule has 2 nitrogen and oxygen atoms in total. The van der Waals surface area contributed by atoms with Crippen molar-refractivity contribution in [2.45, 2.75) is 58.3 Å². The van der Waals surface area contributed by atoms with Crippen LogP contribution in [-0.2, 0) is 9.59 Å². The number of carbonyl (C=O) groups is 2. The van der Waals surface area contributed by atoms with Crippen molar-refractivity contribution in [1.82, 2.24) is 0 Å². The van der Waals surface area contributed by atoms with Crippen LogP contribution in [0.15, 0.2) is 59.7 Å². The van der Waals surface area contributed by atoms with Crippen LogP contribution in [0.4, 0.5) is 0 Å². The second kappa shape index (κ2) is 7.83. The summed E-state index contributed by atoms with van der Waals surface area (Å²) >= 11 is 2.37. The average Bonchev–Trinajstić information content (AvgIpc) is 3.05. The van der Waals surface area contributed by atoms with E-state index in [1.54, 1.807) is 12.5 Å². The van der Waals surface area contributed by atoms with Gasteiger partial charge >= 0.3 is 0 Å². The van der Waals surface area contributed by atoms with E-state index >= 15 is 0 Å². The third-order valence-electron chi connectivity index (χ3n) is 8.85. The summed E-state index contributed by atoms with van der Waals surface area (Å²) < 4.78 is 1.25. The summed E-state index contributed by atoms with van der Waals surface area (Å²) in [7, 11) is 0. The van der Waals surface area contributed by atoms with Gasteiger partial charge in [-0.3, -0.25) is 9.59 Å². The molecular formula is C28H31IO2. The molecule has 0 amide bonds. The summed E-state index contributed by atoms with van der Waals surface area (Å²) in [5.74, 6) is 2.32. The Balaban J connectivity index is 1.69. The lowest BCUT2D eigenvalue weighted by Gasteiger charge is -2.52. The van der Waals surface area contributed by atoms with E-state index < -0.39 is 0 Å².